The molecule has 3 N–H and O–H groups in total. The minimum Gasteiger partial charge on any atom is -0.369 e. The van der Waals surface area contributed by atoms with Gasteiger partial charge in [0.05, 0.1) is 5.92 Å². The summed E-state index contributed by atoms with van der Waals surface area (Å²) in [5.41, 5.74) is 9.66. The first-order chi connectivity index (χ1) is 7.25. The molecular formula is C11H15N3O. The molecule has 1 aliphatic heterocycles. The van der Waals surface area contributed by atoms with Gasteiger partial charge in [-0.1, -0.05) is 30.3 Å². The minimum atomic E-state index is -0.201. The van der Waals surface area contributed by atoms with E-state index in [1.165, 1.54) is 5.56 Å². The Labute approximate surface area is 89.0 Å². The number of hydrogen-bond acceptors (Lipinski definition) is 3. The molecule has 0 saturated carbocycles. The number of benzene rings is 1. The molecule has 0 unspecified atom stereocenters. The van der Waals surface area contributed by atoms with Crippen LogP contribution in [0.2, 0.25) is 0 Å². The maximum Gasteiger partial charge on any atom is 0.223 e. The van der Waals surface area contributed by atoms with Gasteiger partial charge in [0.2, 0.25) is 5.91 Å². The summed E-state index contributed by atoms with van der Waals surface area (Å²) < 4.78 is 0. The molecule has 0 radical (unpaired) electrons. The summed E-state index contributed by atoms with van der Waals surface area (Å²) in [6, 6.07) is 10.2. The van der Waals surface area contributed by atoms with Crippen LogP contribution in [0.15, 0.2) is 30.3 Å². The van der Waals surface area contributed by atoms with E-state index in [9.17, 15) is 4.79 Å². The van der Waals surface area contributed by atoms with E-state index in [0.717, 1.165) is 19.6 Å². The Hall–Kier alpha value is -1.39. The minimum absolute atomic E-state index is 0.0215. The molecule has 15 heavy (non-hydrogen) atoms. The Bertz CT molecular complexity index is 333. The third-order valence-corrected chi connectivity index (χ3v) is 2.63. The molecule has 4 nitrogen and oxygen atoms in total. The van der Waals surface area contributed by atoms with E-state index in [2.05, 4.69) is 17.6 Å². The van der Waals surface area contributed by atoms with E-state index in [1.54, 1.807) is 0 Å². The van der Waals surface area contributed by atoms with Crippen LogP contribution in [-0.4, -0.2) is 24.0 Å². The number of nitrogens with one attached hydrogen (secondary N) is 1. The second kappa shape index (κ2) is 4.42. The van der Waals surface area contributed by atoms with Crippen molar-refractivity contribution in [1.29, 1.82) is 0 Å². The molecule has 0 aliphatic carbocycles. The van der Waals surface area contributed by atoms with E-state index in [1.807, 2.05) is 23.2 Å². The Morgan fingerprint density at radius 1 is 1.40 bits per heavy atom. The molecule has 0 spiro atoms. The number of carbonyl (C=O) groups is 1. The van der Waals surface area contributed by atoms with Gasteiger partial charge in [-0.3, -0.25) is 10.2 Å². The number of hydrogen-bond donors (Lipinski definition) is 2. The van der Waals surface area contributed by atoms with Crippen LogP contribution in [-0.2, 0) is 11.3 Å². The molecule has 4 heteroatoms. The highest BCUT2D eigenvalue weighted by Gasteiger charge is 2.30. The van der Waals surface area contributed by atoms with E-state index in [-0.39, 0.29) is 11.8 Å². The Kier molecular flexibility index (Phi) is 2.99. The number of hydrazine groups is 1. The van der Waals surface area contributed by atoms with Crippen LogP contribution in [0.5, 0.6) is 0 Å². The maximum atomic E-state index is 10.8. The van der Waals surface area contributed by atoms with Gasteiger partial charge in [0.25, 0.3) is 0 Å². The van der Waals surface area contributed by atoms with E-state index in [0.29, 0.717) is 0 Å². The maximum absolute atomic E-state index is 10.8. The Morgan fingerprint density at radius 3 is 2.67 bits per heavy atom. The molecular weight excluding hydrogens is 190 g/mol. The average Bonchev–Trinajstić information content (AvgIpc) is 2.16. The fourth-order valence-electron chi connectivity index (χ4n) is 1.59. The Morgan fingerprint density at radius 2 is 2.07 bits per heavy atom. The number of nitrogens with two attached hydrogens (primary N) is 1. The number of amides is 1. The van der Waals surface area contributed by atoms with Crippen molar-refractivity contribution in [2.24, 2.45) is 11.7 Å². The van der Waals surface area contributed by atoms with Gasteiger partial charge in [-0.2, -0.15) is 0 Å². The molecule has 1 amide bonds. The molecule has 1 saturated heterocycles. The predicted octanol–water partition coefficient (Wildman–Crippen LogP) is 0.108. The lowest BCUT2D eigenvalue weighted by molar-refractivity contribution is -0.128. The smallest absolute Gasteiger partial charge is 0.223 e. The zero-order chi connectivity index (χ0) is 10.7. The van der Waals surface area contributed by atoms with Gasteiger partial charge in [-0.25, -0.2) is 5.01 Å². The number of carbonyl (C=O) groups excluding carboxylic acids is 1. The van der Waals surface area contributed by atoms with Gasteiger partial charge in [-0.15, -0.1) is 0 Å². The highest BCUT2D eigenvalue weighted by Crippen LogP contribution is 2.12. The first-order valence-corrected chi connectivity index (χ1v) is 5.07. The summed E-state index contributed by atoms with van der Waals surface area (Å²) in [5, 5.41) is 2.02. The van der Waals surface area contributed by atoms with Crippen LogP contribution in [0.25, 0.3) is 0 Å². The monoisotopic (exact) mass is 205 g/mol. The molecule has 0 bridgehead atoms. The van der Waals surface area contributed by atoms with Gasteiger partial charge in [-0.05, 0) is 5.56 Å². The standard InChI is InChI=1S/C11H15N3O/c12-11(15)10-7-14(8-10)13-6-9-4-2-1-3-5-9/h1-5,10,13H,6-8H2,(H2,12,15). The zero-order valence-corrected chi connectivity index (χ0v) is 8.52. The third kappa shape index (κ3) is 2.55. The predicted molar refractivity (Wildman–Crippen MR) is 57.5 cm³/mol. The SMILES string of the molecule is NC(=O)C1CN(NCc2ccccc2)C1. The molecule has 1 fully saturated rings. The summed E-state index contributed by atoms with van der Waals surface area (Å²) >= 11 is 0. The van der Waals surface area contributed by atoms with Crippen molar-refractivity contribution in [1.82, 2.24) is 10.4 Å². The summed E-state index contributed by atoms with van der Waals surface area (Å²) in [4.78, 5) is 10.8. The van der Waals surface area contributed by atoms with Crippen LogP contribution in [0.1, 0.15) is 5.56 Å². The fraction of sp³-hybridized carbons (Fsp3) is 0.364. The van der Waals surface area contributed by atoms with Crippen LogP contribution in [0.4, 0.5) is 0 Å². The summed E-state index contributed by atoms with van der Waals surface area (Å²) in [7, 11) is 0. The molecule has 0 aromatic heterocycles. The molecule has 1 aliphatic rings. The fourth-order valence-corrected chi connectivity index (χ4v) is 1.59. The third-order valence-electron chi connectivity index (χ3n) is 2.63. The van der Waals surface area contributed by atoms with Gasteiger partial charge < -0.3 is 5.73 Å². The molecule has 2 rings (SSSR count). The highest BCUT2D eigenvalue weighted by molar-refractivity contribution is 5.78. The van der Waals surface area contributed by atoms with Crippen molar-refractivity contribution in [2.75, 3.05) is 13.1 Å². The van der Waals surface area contributed by atoms with Crippen molar-refractivity contribution in [3.8, 4) is 0 Å². The second-order valence-electron chi connectivity index (χ2n) is 3.82. The molecule has 1 heterocycles. The van der Waals surface area contributed by atoms with Crippen molar-refractivity contribution < 1.29 is 4.79 Å². The lowest BCUT2D eigenvalue weighted by atomic mass is 10.0. The highest BCUT2D eigenvalue weighted by atomic mass is 16.1. The second-order valence-corrected chi connectivity index (χ2v) is 3.82. The van der Waals surface area contributed by atoms with Crippen LogP contribution in [0.3, 0.4) is 0 Å². The first-order valence-electron chi connectivity index (χ1n) is 5.07. The Balaban J connectivity index is 1.71. The van der Waals surface area contributed by atoms with E-state index >= 15 is 0 Å². The van der Waals surface area contributed by atoms with Crippen molar-refractivity contribution >= 4 is 5.91 Å². The number of rotatable bonds is 4. The molecule has 80 valence electrons. The summed E-state index contributed by atoms with van der Waals surface area (Å²) in [6.07, 6.45) is 0. The number of nitrogens with zero attached hydrogens (tertiary/aromatic N) is 1. The lowest BCUT2D eigenvalue weighted by Crippen LogP contribution is -2.57. The molecule has 1 aromatic carbocycles. The van der Waals surface area contributed by atoms with Crippen LogP contribution < -0.4 is 11.2 Å². The van der Waals surface area contributed by atoms with Crippen molar-refractivity contribution in [3.05, 3.63) is 35.9 Å². The average molecular weight is 205 g/mol. The topological polar surface area (TPSA) is 58.4 Å². The molecule has 1 aromatic rings. The zero-order valence-electron chi connectivity index (χ0n) is 8.52. The normalized spacial score (nSPS) is 17.3. The summed E-state index contributed by atoms with van der Waals surface area (Å²) in [5.74, 6) is -0.180. The van der Waals surface area contributed by atoms with Crippen LogP contribution in [0, 0.1) is 5.92 Å². The van der Waals surface area contributed by atoms with Gasteiger partial charge in [0.15, 0.2) is 0 Å². The molecule has 0 atom stereocenters. The largest absolute Gasteiger partial charge is 0.369 e. The summed E-state index contributed by atoms with van der Waals surface area (Å²) in [6.45, 7) is 2.25. The van der Waals surface area contributed by atoms with Gasteiger partial charge in [0.1, 0.15) is 0 Å². The van der Waals surface area contributed by atoms with Gasteiger partial charge in [0, 0.05) is 19.6 Å². The number of primary amides is 1. The lowest BCUT2D eigenvalue weighted by Gasteiger charge is -2.37. The van der Waals surface area contributed by atoms with E-state index in [4.69, 9.17) is 5.73 Å². The van der Waals surface area contributed by atoms with Crippen LogP contribution >= 0.6 is 0 Å². The van der Waals surface area contributed by atoms with Crippen molar-refractivity contribution in [3.63, 3.8) is 0 Å². The van der Waals surface area contributed by atoms with E-state index < -0.39 is 0 Å². The quantitative estimate of drug-likeness (QED) is 0.733. The van der Waals surface area contributed by atoms with Gasteiger partial charge >= 0.3 is 0 Å². The first kappa shape index (κ1) is 10.1. The van der Waals surface area contributed by atoms with Crippen molar-refractivity contribution in [2.45, 2.75) is 6.54 Å².